The molecule has 1 atom stereocenters. The Morgan fingerprint density at radius 2 is 1.85 bits per heavy atom. The summed E-state index contributed by atoms with van der Waals surface area (Å²) in [7, 11) is 0. The molecule has 1 aromatic heterocycles. The fraction of sp³-hybridized carbons (Fsp3) is 0.182. The van der Waals surface area contributed by atoms with Crippen LogP contribution < -0.4 is 5.32 Å². The Balaban J connectivity index is 1.98. The first kappa shape index (κ1) is 17.4. The van der Waals surface area contributed by atoms with Crippen LogP contribution in [0.25, 0.3) is 11.3 Å². The number of nitrogens with zero attached hydrogens (tertiary/aromatic N) is 2. The third kappa shape index (κ3) is 3.01. The van der Waals surface area contributed by atoms with E-state index in [4.69, 9.17) is 11.6 Å². The minimum atomic E-state index is -0.226. The van der Waals surface area contributed by atoms with Gasteiger partial charge in [0, 0.05) is 22.9 Å². The van der Waals surface area contributed by atoms with E-state index < -0.39 is 0 Å². The van der Waals surface area contributed by atoms with Crippen LogP contribution in [0.15, 0.2) is 65.9 Å². The SMILES string of the molecule is CCCC1=C(C#N)C(c2ccccc2[ClH+])c2c(n[nH]c2-c2ccccc2)N1. The van der Waals surface area contributed by atoms with Crippen LogP contribution in [0.5, 0.6) is 0 Å². The molecule has 2 N–H and O–H groups in total. The predicted octanol–water partition coefficient (Wildman–Crippen LogP) is 4.91. The third-order valence-corrected chi connectivity index (χ3v) is 5.26. The lowest BCUT2D eigenvalue weighted by molar-refractivity contribution is -0.290. The smallest absolute Gasteiger partial charge is 0.229 e. The van der Waals surface area contributed by atoms with Crippen LogP contribution in [-0.2, 0) is 0 Å². The van der Waals surface area contributed by atoms with Gasteiger partial charge in [-0.15, -0.1) is 0 Å². The van der Waals surface area contributed by atoms with E-state index in [0.29, 0.717) is 0 Å². The Kier molecular flexibility index (Phi) is 4.70. The third-order valence-electron chi connectivity index (χ3n) is 4.89. The number of nitrogens with one attached hydrogen (secondary N) is 2. The summed E-state index contributed by atoms with van der Waals surface area (Å²) in [6, 6.07) is 20.4. The number of hydrogen-bond donors (Lipinski definition) is 2. The summed E-state index contributed by atoms with van der Waals surface area (Å²) in [5.41, 5.74) is 5.57. The van der Waals surface area contributed by atoms with Crippen molar-refractivity contribution in [2.45, 2.75) is 25.7 Å². The molecule has 4 nitrogen and oxygen atoms in total. The number of aromatic amines is 1. The summed E-state index contributed by atoms with van der Waals surface area (Å²) in [4.78, 5) is 0. The second-order valence-corrected chi connectivity index (χ2v) is 7.02. The van der Waals surface area contributed by atoms with Crippen LogP contribution in [0.2, 0.25) is 5.02 Å². The molecule has 1 unspecified atom stereocenters. The maximum Gasteiger partial charge on any atom is 0.229 e. The first-order valence-corrected chi connectivity index (χ1v) is 9.45. The largest absolute Gasteiger partial charge is 0.341 e. The Bertz CT molecular complexity index is 1040. The van der Waals surface area contributed by atoms with Crippen molar-refractivity contribution >= 4 is 5.82 Å². The van der Waals surface area contributed by atoms with Gasteiger partial charge in [0.25, 0.3) is 0 Å². The van der Waals surface area contributed by atoms with Crippen LogP contribution in [0.3, 0.4) is 0 Å². The van der Waals surface area contributed by atoms with E-state index in [1.165, 1.54) is 0 Å². The second kappa shape index (κ2) is 7.30. The van der Waals surface area contributed by atoms with Gasteiger partial charge in [0.2, 0.25) is 5.02 Å². The van der Waals surface area contributed by atoms with Crippen LogP contribution >= 0.6 is 0 Å². The number of fused-ring (bicyclic) bond motifs is 1. The van der Waals surface area contributed by atoms with Crippen molar-refractivity contribution in [3.05, 3.63) is 82.0 Å². The van der Waals surface area contributed by atoms with Crippen molar-refractivity contribution < 1.29 is 11.6 Å². The molecule has 0 amide bonds. The molecule has 0 spiro atoms. The fourth-order valence-corrected chi connectivity index (χ4v) is 3.95. The lowest BCUT2D eigenvalue weighted by atomic mass is 9.80. The summed E-state index contributed by atoms with van der Waals surface area (Å²) >= 11 is 5.62. The quantitative estimate of drug-likeness (QED) is 0.681. The zero-order valence-electron chi connectivity index (χ0n) is 15.0. The van der Waals surface area contributed by atoms with Gasteiger partial charge in [0.1, 0.15) is 0 Å². The molecule has 1 aliphatic heterocycles. The van der Waals surface area contributed by atoms with Gasteiger partial charge in [0.05, 0.1) is 23.3 Å². The number of benzene rings is 2. The van der Waals surface area contributed by atoms with Gasteiger partial charge in [-0.2, -0.15) is 10.4 Å². The van der Waals surface area contributed by atoms with E-state index in [-0.39, 0.29) is 5.92 Å². The average molecular weight is 376 g/mol. The van der Waals surface area contributed by atoms with Gasteiger partial charge < -0.3 is 5.32 Å². The van der Waals surface area contributed by atoms with Crippen LogP contribution in [0, 0.1) is 22.9 Å². The Labute approximate surface area is 163 Å². The van der Waals surface area contributed by atoms with Crippen LogP contribution in [-0.4, -0.2) is 10.2 Å². The maximum absolute atomic E-state index is 10.0. The molecule has 134 valence electrons. The minimum absolute atomic E-state index is 0.226. The van der Waals surface area contributed by atoms with E-state index in [1.807, 2.05) is 54.6 Å². The van der Waals surface area contributed by atoms with Gasteiger partial charge in [-0.05, 0) is 12.0 Å². The van der Waals surface area contributed by atoms with Crippen molar-refractivity contribution in [1.82, 2.24) is 10.2 Å². The summed E-state index contributed by atoms with van der Waals surface area (Å²) in [6.45, 7) is 2.11. The number of aromatic nitrogens is 2. The van der Waals surface area contributed by atoms with E-state index >= 15 is 0 Å². The van der Waals surface area contributed by atoms with E-state index in [2.05, 4.69) is 28.5 Å². The van der Waals surface area contributed by atoms with Gasteiger partial charge in [-0.3, -0.25) is 5.10 Å². The second-order valence-electron chi connectivity index (χ2n) is 6.58. The number of H-pyrrole nitrogens is 1. The molecule has 0 saturated heterocycles. The topological polar surface area (TPSA) is 64.5 Å². The molecule has 0 radical (unpaired) electrons. The molecular weight excluding hydrogens is 356 g/mol. The number of hydrogen-bond acceptors (Lipinski definition) is 3. The zero-order valence-corrected chi connectivity index (χ0v) is 15.8. The molecule has 2 aromatic carbocycles. The number of anilines is 1. The fourth-order valence-electron chi connectivity index (χ4n) is 3.69. The van der Waals surface area contributed by atoms with E-state index in [9.17, 15) is 5.26 Å². The van der Waals surface area contributed by atoms with Gasteiger partial charge >= 0.3 is 0 Å². The summed E-state index contributed by atoms with van der Waals surface area (Å²) in [6.07, 6.45) is 1.74. The first-order valence-electron chi connectivity index (χ1n) is 9.04. The Hall–Kier alpha value is -3.03. The lowest BCUT2D eigenvalue weighted by Gasteiger charge is -2.26. The Morgan fingerprint density at radius 1 is 1.11 bits per heavy atom. The van der Waals surface area contributed by atoms with Crippen molar-refractivity contribution in [2.75, 3.05) is 5.32 Å². The van der Waals surface area contributed by atoms with Crippen LogP contribution in [0.4, 0.5) is 5.82 Å². The highest BCUT2D eigenvalue weighted by atomic mass is 35.5. The lowest BCUT2D eigenvalue weighted by Crippen LogP contribution is -2.18. The van der Waals surface area contributed by atoms with Crippen molar-refractivity contribution in [1.29, 1.82) is 5.26 Å². The van der Waals surface area contributed by atoms with Gasteiger partial charge in [-0.1, -0.05) is 61.9 Å². The standard InChI is InChI=1S/C22H20ClN4/c1-2-8-18-16(13-24)19(15-11-6-7-12-17(15)23)20-21(26-27-22(20)25-18)14-9-4-3-5-10-14/h3-7,9-12,19,23H,2,8H2,1H3,(H2,25,26,27)/q+1. The molecule has 27 heavy (non-hydrogen) atoms. The molecule has 3 aromatic rings. The number of rotatable bonds is 4. The molecule has 0 fully saturated rings. The molecule has 2 heterocycles. The number of allylic oxidation sites excluding steroid dienone is 2. The average Bonchev–Trinajstić information content (AvgIpc) is 3.12. The monoisotopic (exact) mass is 375 g/mol. The molecule has 0 saturated carbocycles. The summed E-state index contributed by atoms with van der Waals surface area (Å²) in [5, 5.41) is 21.9. The normalized spacial score (nSPS) is 15.8. The first-order chi connectivity index (χ1) is 13.2. The van der Waals surface area contributed by atoms with Crippen molar-refractivity contribution in [3.8, 4) is 17.3 Å². The summed E-state index contributed by atoms with van der Waals surface area (Å²) in [5.74, 6) is 0.551. The van der Waals surface area contributed by atoms with E-state index in [0.717, 1.165) is 57.3 Å². The Morgan fingerprint density at radius 3 is 2.56 bits per heavy atom. The molecule has 5 heteroatoms. The number of nitriles is 1. The minimum Gasteiger partial charge on any atom is -0.341 e. The maximum atomic E-state index is 10.0. The van der Waals surface area contributed by atoms with E-state index in [1.54, 1.807) is 0 Å². The number of halogens is 1. The molecule has 0 bridgehead atoms. The zero-order chi connectivity index (χ0) is 18.8. The molecular formula is C22H20ClN4+. The highest BCUT2D eigenvalue weighted by molar-refractivity contribution is 5.77. The van der Waals surface area contributed by atoms with Crippen LogP contribution in [0.1, 0.15) is 36.8 Å². The molecule has 0 aliphatic carbocycles. The summed E-state index contributed by atoms with van der Waals surface area (Å²) < 4.78 is 0. The van der Waals surface area contributed by atoms with Gasteiger partial charge in [0.15, 0.2) is 17.4 Å². The molecule has 1 aliphatic rings. The van der Waals surface area contributed by atoms with Crippen molar-refractivity contribution in [2.24, 2.45) is 0 Å². The predicted molar refractivity (Wildman–Crippen MR) is 104 cm³/mol. The van der Waals surface area contributed by atoms with Crippen molar-refractivity contribution in [3.63, 3.8) is 0 Å². The van der Waals surface area contributed by atoms with Gasteiger partial charge in [-0.25, -0.2) is 0 Å². The molecule has 4 rings (SSSR count). The highest BCUT2D eigenvalue weighted by Gasteiger charge is 2.36. The highest BCUT2D eigenvalue weighted by Crippen LogP contribution is 2.46.